The number of carbonyl (C=O) groups excluding carboxylic acids is 1. The summed E-state index contributed by atoms with van der Waals surface area (Å²) >= 11 is 0. The minimum Gasteiger partial charge on any atom is -0.361 e. The number of nitrogens with two attached hydrogens (primary N) is 1. The van der Waals surface area contributed by atoms with Crippen LogP contribution in [0.4, 0.5) is 0 Å². The molecule has 4 N–H and O–H groups in total. The summed E-state index contributed by atoms with van der Waals surface area (Å²) in [5.41, 5.74) is 8.66. The highest BCUT2D eigenvalue weighted by molar-refractivity contribution is 5.90. The molecule has 1 aromatic carbocycles. The van der Waals surface area contributed by atoms with Crippen LogP contribution >= 0.6 is 0 Å². The molecule has 1 amide bonds. The second kappa shape index (κ2) is 5.01. The Labute approximate surface area is 100 Å². The zero-order valence-electron chi connectivity index (χ0n) is 9.92. The first-order chi connectivity index (χ1) is 8.22. The molecule has 0 aliphatic rings. The molecule has 0 fully saturated rings. The monoisotopic (exact) mass is 231 g/mol. The van der Waals surface area contributed by atoms with Crippen molar-refractivity contribution in [3.8, 4) is 0 Å². The summed E-state index contributed by atoms with van der Waals surface area (Å²) in [6.07, 6.45) is 2.29. The van der Waals surface area contributed by atoms with E-state index in [2.05, 4.69) is 23.3 Å². The topological polar surface area (TPSA) is 70.9 Å². The Balaban J connectivity index is 2.19. The van der Waals surface area contributed by atoms with Gasteiger partial charge in [-0.15, -0.1) is 0 Å². The molecule has 2 rings (SSSR count). The molecule has 90 valence electrons. The molecular weight excluding hydrogens is 214 g/mol. The smallest absolute Gasteiger partial charge is 0.224 e. The van der Waals surface area contributed by atoms with E-state index in [-0.39, 0.29) is 5.91 Å². The number of aromatic amines is 1. The summed E-state index contributed by atoms with van der Waals surface area (Å²) in [4.78, 5) is 14.8. The molecule has 1 heterocycles. The number of aromatic nitrogens is 1. The van der Waals surface area contributed by atoms with Gasteiger partial charge in [0.15, 0.2) is 0 Å². The SMILES string of the molecule is Cc1cccc2c(CC(=O)NCCN)c[nH]c12. The highest BCUT2D eigenvalue weighted by Gasteiger charge is 2.08. The first-order valence-electron chi connectivity index (χ1n) is 5.74. The summed E-state index contributed by atoms with van der Waals surface area (Å²) < 4.78 is 0. The highest BCUT2D eigenvalue weighted by atomic mass is 16.1. The molecule has 0 radical (unpaired) electrons. The van der Waals surface area contributed by atoms with Crippen molar-refractivity contribution in [3.05, 3.63) is 35.5 Å². The average Bonchev–Trinajstić information content (AvgIpc) is 2.71. The number of rotatable bonds is 4. The first kappa shape index (κ1) is 11.7. The maximum Gasteiger partial charge on any atom is 0.224 e. The van der Waals surface area contributed by atoms with E-state index in [9.17, 15) is 4.79 Å². The zero-order valence-corrected chi connectivity index (χ0v) is 9.92. The van der Waals surface area contributed by atoms with Gasteiger partial charge in [-0.1, -0.05) is 18.2 Å². The van der Waals surface area contributed by atoms with Crippen LogP contribution in [0.15, 0.2) is 24.4 Å². The number of nitrogens with one attached hydrogen (secondary N) is 2. The minimum atomic E-state index is 0.0119. The molecule has 0 spiro atoms. The first-order valence-corrected chi connectivity index (χ1v) is 5.74. The number of amides is 1. The van der Waals surface area contributed by atoms with E-state index in [1.54, 1.807) is 0 Å². The van der Waals surface area contributed by atoms with E-state index >= 15 is 0 Å². The second-order valence-electron chi connectivity index (χ2n) is 4.13. The lowest BCUT2D eigenvalue weighted by atomic mass is 10.1. The molecule has 0 aliphatic heterocycles. The Morgan fingerprint density at radius 2 is 2.29 bits per heavy atom. The van der Waals surface area contributed by atoms with Crippen LogP contribution in [0.5, 0.6) is 0 Å². The van der Waals surface area contributed by atoms with Gasteiger partial charge in [-0.05, 0) is 18.1 Å². The van der Waals surface area contributed by atoms with Gasteiger partial charge >= 0.3 is 0 Å². The van der Waals surface area contributed by atoms with Gasteiger partial charge in [0, 0.05) is 30.2 Å². The molecule has 0 saturated carbocycles. The summed E-state index contributed by atoms with van der Waals surface area (Å²) in [7, 11) is 0. The molecule has 2 aromatic rings. The summed E-state index contributed by atoms with van der Waals surface area (Å²) in [6.45, 7) is 3.05. The second-order valence-corrected chi connectivity index (χ2v) is 4.13. The van der Waals surface area contributed by atoms with Crippen LogP contribution in [-0.4, -0.2) is 24.0 Å². The number of para-hydroxylation sites is 1. The molecule has 0 atom stereocenters. The quantitative estimate of drug-likeness (QED) is 0.737. The number of carbonyl (C=O) groups is 1. The fraction of sp³-hybridized carbons (Fsp3) is 0.308. The van der Waals surface area contributed by atoms with Gasteiger partial charge in [0.05, 0.1) is 6.42 Å². The van der Waals surface area contributed by atoms with Gasteiger partial charge < -0.3 is 16.0 Å². The van der Waals surface area contributed by atoms with Crippen LogP contribution in [0.2, 0.25) is 0 Å². The van der Waals surface area contributed by atoms with Crippen molar-refractivity contribution in [2.75, 3.05) is 13.1 Å². The number of hydrogen-bond donors (Lipinski definition) is 3. The maximum absolute atomic E-state index is 11.6. The third kappa shape index (κ3) is 2.47. The molecule has 0 aliphatic carbocycles. The van der Waals surface area contributed by atoms with Gasteiger partial charge in [-0.3, -0.25) is 4.79 Å². The molecule has 0 saturated heterocycles. The Bertz CT molecular complexity index is 530. The summed E-state index contributed by atoms with van der Waals surface area (Å²) in [6, 6.07) is 6.09. The number of hydrogen-bond acceptors (Lipinski definition) is 2. The van der Waals surface area contributed by atoms with Gasteiger partial charge in [0.1, 0.15) is 0 Å². The third-order valence-corrected chi connectivity index (χ3v) is 2.83. The number of H-pyrrole nitrogens is 1. The van der Waals surface area contributed by atoms with Crippen LogP contribution in [0.25, 0.3) is 10.9 Å². The number of aryl methyl sites for hydroxylation is 1. The van der Waals surface area contributed by atoms with E-state index in [4.69, 9.17) is 5.73 Å². The average molecular weight is 231 g/mol. The standard InChI is InChI=1S/C13H17N3O/c1-9-3-2-4-11-10(8-16-13(9)11)7-12(17)15-6-5-14/h2-4,8,16H,5-7,14H2,1H3,(H,15,17). The fourth-order valence-corrected chi connectivity index (χ4v) is 1.96. The number of benzene rings is 1. The van der Waals surface area contributed by atoms with Crippen molar-refractivity contribution < 1.29 is 4.79 Å². The molecular formula is C13H17N3O. The lowest BCUT2D eigenvalue weighted by Crippen LogP contribution is -2.30. The van der Waals surface area contributed by atoms with E-state index in [1.807, 2.05) is 18.3 Å². The van der Waals surface area contributed by atoms with E-state index < -0.39 is 0 Å². The van der Waals surface area contributed by atoms with Crippen molar-refractivity contribution in [1.82, 2.24) is 10.3 Å². The van der Waals surface area contributed by atoms with Crippen molar-refractivity contribution in [3.63, 3.8) is 0 Å². The van der Waals surface area contributed by atoms with Crippen molar-refractivity contribution in [1.29, 1.82) is 0 Å². The van der Waals surface area contributed by atoms with E-state index in [0.717, 1.165) is 16.5 Å². The molecule has 0 unspecified atom stereocenters. The van der Waals surface area contributed by atoms with Crippen LogP contribution in [0, 0.1) is 6.92 Å². The predicted molar refractivity (Wildman–Crippen MR) is 68.8 cm³/mol. The predicted octanol–water partition coefficient (Wildman–Crippen LogP) is 1.09. The Morgan fingerprint density at radius 1 is 1.47 bits per heavy atom. The Hall–Kier alpha value is -1.81. The molecule has 17 heavy (non-hydrogen) atoms. The maximum atomic E-state index is 11.6. The lowest BCUT2D eigenvalue weighted by Gasteiger charge is -2.02. The normalized spacial score (nSPS) is 10.7. The highest BCUT2D eigenvalue weighted by Crippen LogP contribution is 2.21. The third-order valence-electron chi connectivity index (χ3n) is 2.83. The molecule has 0 bridgehead atoms. The van der Waals surface area contributed by atoms with Crippen molar-refractivity contribution in [2.45, 2.75) is 13.3 Å². The van der Waals surface area contributed by atoms with E-state index in [0.29, 0.717) is 19.5 Å². The fourth-order valence-electron chi connectivity index (χ4n) is 1.96. The van der Waals surface area contributed by atoms with Crippen LogP contribution < -0.4 is 11.1 Å². The van der Waals surface area contributed by atoms with Crippen LogP contribution in [-0.2, 0) is 11.2 Å². The Kier molecular flexibility index (Phi) is 3.44. The van der Waals surface area contributed by atoms with Crippen LogP contribution in [0.3, 0.4) is 0 Å². The summed E-state index contributed by atoms with van der Waals surface area (Å²) in [5.74, 6) is 0.0119. The minimum absolute atomic E-state index is 0.0119. The van der Waals surface area contributed by atoms with E-state index in [1.165, 1.54) is 5.56 Å². The van der Waals surface area contributed by atoms with Crippen molar-refractivity contribution in [2.24, 2.45) is 5.73 Å². The molecule has 4 heteroatoms. The number of fused-ring (bicyclic) bond motifs is 1. The van der Waals surface area contributed by atoms with Crippen molar-refractivity contribution >= 4 is 16.8 Å². The molecule has 4 nitrogen and oxygen atoms in total. The van der Waals surface area contributed by atoms with Gasteiger partial charge in [0.25, 0.3) is 0 Å². The molecule has 1 aromatic heterocycles. The van der Waals surface area contributed by atoms with Gasteiger partial charge in [-0.2, -0.15) is 0 Å². The Morgan fingerprint density at radius 3 is 3.06 bits per heavy atom. The van der Waals surface area contributed by atoms with Crippen LogP contribution in [0.1, 0.15) is 11.1 Å². The largest absolute Gasteiger partial charge is 0.361 e. The summed E-state index contributed by atoms with van der Waals surface area (Å²) in [5, 5.41) is 3.89. The zero-order chi connectivity index (χ0) is 12.3. The van der Waals surface area contributed by atoms with Gasteiger partial charge in [0.2, 0.25) is 5.91 Å². The van der Waals surface area contributed by atoms with Gasteiger partial charge in [-0.25, -0.2) is 0 Å². The lowest BCUT2D eigenvalue weighted by molar-refractivity contribution is -0.120.